The fourth-order valence-corrected chi connectivity index (χ4v) is 3.70. The molecule has 0 fully saturated rings. The maximum atomic E-state index is 11.1. The van der Waals surface area contributed by atoms with Crippen LogP contribution in [0.3, 0.4) is 0 Å². The quantitative estimate of drug-likeness (QED) is 0.302. The summed E-state index contributed by atoms with van der Waals surface area (Å²) in [4.78, 5) is 10.5. The smallest absolute Gasteiger partial charge is 0.389 e. The summed E-state index contributed by atoms with van der Waals surface area (Å²) in [5.74, 6) is 1.27. The van der Waals surface area contributed by atoms with Crippen molar-refractivity contribution in [2.24, 2.45) is 0 Å². The number of rotatable bonds is 8. The van der Waals surface area contributed by atoms with Gasteiger partial charge in [-0.2, -0.15) is 9.78 Å². The molecule has 0 N–H and O–H groups in total. The van der Waals surface area contributed by atoms with E-state index in [1.54, 1.807) is 20.4 Å². The Balaban J connectivity index is 1.89. The summed E-state index contributed by atoms with van der Waals surface area (Å²) < 4.78 is 14.1. The van der Waals surface area contributed by atoms with Gasteiger partial charge in [-0.3, -0.25) is 0 Å². The van der Waals surface area contributed by atoms with E-state index in [4.69, 9.17) is 14.6 Å². The number of hydrogen-bond acceptors (Lipinski definition) is 6. The zero-order valence-corrected chi connectivity index (χ0v) is 18.1. The van der Waals surface area contributed by atoms with Crippen LogP contribution in [-0.4, -0.2) is 38.7 Å². The van der Waals surface area contributed by atoms with Gasteiger partial charge in [-0.15, -0.1) is 0 Å². The van der Waals surface area contributed by atoms with E-state index in [2.05, 4.69) is 12.0 Å². The molecule has 9 heteroatoms. The molecule has 2 heterocycles. The number of ether oxygens (including phenoxy) is 2. The molecule has 0 saturated heterocycles. The van der Waals surface area contributed by atoms with Crippen molar-refractivity contribution in [1.29, 1.82) is 0 Å². The lowest BCUT2D eigenvalue weighted by Gasteiger charge is -2.10. The van der Waals surface area contributed by atoms with E-state index in [1.165, 1.54) is 10.7 Å². The van der Waals surface area contributed by atoms with Crippen LogP contribution in [0.4, 0.5) is 5.82 Å². The van der Waals surface area contributed by atoms with E-state index in [0.29, 0.717) is 0 Å². The largest absolute Gasteiger partial charge is 0.497 e. The van der Waals surface area contributed by atoms with Crippen LogP contribution in [0.2, 0.25) is 0 Å². The van der Waals surface area contributed by atoms with Crippen molar-refractivity contribution in [3.05, 3.63) is 76.5 Å². The van der Waals surface area contributed by atoms with Crippen LogP contribution in [0, 0.1) is 10.1 Å². The summed E-state index contributed by atoms with van der Waals surface area (Å²) in [6.45, 7) is 2.30. The van der Waals surface area contributed by atoms with E-state index >= 15 is 0 Å². The molecule has 32 heavy (non-hydrogen) atoms. The second kappa shape index (κ2) is 8.93. The molecule has 164 valence electrons. The maximum Gasteiger partial charge on any atom is 0.389 e. The molecule has 9 nitrogen and oxygen atoms in total. The van der Waals surface area contributed by atoms with Gasteiger partial charge in [0.25, 0.3) is 0 Å². The Labute approximate surface area is 185 Å². The molecule has 4 rings (SSSR count). The Hall–Kier alpha value is -4.14. The lowest BCUT2D eigenvalue weighted by atomic mass is 9.99. The van der Waals surface area contributed by atoms with Crippen LogP contribution in [0.15, 0.2) is 60.8 Å². The maximum absolute atomic E-state index is 11.1. The molecule has 4 aromatic rings. The normalized spacial score (nSPS) is 10.8. The first kappa shape index (κ1) is 21.1. The molecule has 0 aliphatic carbocycles. The monoisotopic (exact) mass is 433 g/mol. The van der Waals surface area contributed by atoms with E-state index in [-0.39, 0.29) is 12.5 Å². The molecule has 0 saturated carbocycles. The molecule has 2 aromatic carbocycles. The van der Waals surface area contributed by atoms with Gasteiger partial charge in [-0.05, 0) is 35.6 Å². The van der Waals surface area contributed by atoms with Crippen LogP contribution in [0.1, 0.15) is 12.5 Å². The topological polar surface area (TPSA) is 97.2 Å². The fourth-order valence-electron chi connectivity index (χ4n) is 3.70. The second-order valence-electron chi connectivity index (χ2n) is 7.10. The van der Waals surface area contributed by atoms with Crippen molar-refractivity contribution in [1.82, 2.24) is 19.6 Å². The molecule has 2 aromatic heterocycles. The number of nitro groups is 1. The second-order valence-corrected chi connectivity index (χ2v) is 7.10. The zero-order valence-electron chi connectivity index (χ0n) is 18.1. The van der Waals surface area contributed by atoms with Crippen LogP contribution >= 0.6 is 0 Å². The number of benzene rings is 2. The highest BCUT2D eigenvalue weighted by molar-refractivity contribution is 5.75. The summed E-state index contributed by atoms with van der Waals surface area (Å²) in [5, 5.41) is 20.0. The lowest BCUT2D eigenvalue weighted by Crippen LogP contribution is -2.12. The van der Waals surface area contributed by atoms with Crippen molar-refractivity contribution < 1.29 is 14.4 Å². The summed E-state index contributed by atoms with van der Waals surface area (Å²) in [6.07, 6.45) is 2.31. The minimum absolute atomic E-state index is 0.205. The predicted molar refractivity (Wildman–Crippen MR) is 120 cm³/mol. The standard InChI is InChI=1S/C23H23N5O4/c1-4-20-22(16-7-5-9-18(13-16)31-2)25-27(15-26-12-11-21(24-26)28(29)30)23(20)17-8-6-10-19(14-17)32-3/h5-14H,4,15H2,1-3H3. The average Bonchev–Trinajstić information content (AvgIpc) is 3.44. The van der Waals surface area contributed by atoms with Crippen LogP contribution in [0.25, 0.3) is 22.5 Å². The fraction of sp³-hybridized carbons (Fsp3) is 0.217. The Morgan fingerprint density at radius 2 is 1.62 bits per heavy atom. The van der Waals surface area contributed by atoms with Crippen LogP contribution in [-0.2, 0) is 13.1 Å². The Morgan fingerprint density at radius 3 is 2.22 bits per heavy atom. The van der Waals surface area contributed by atoms with Gasteiger partial charge >= 0.3 is 5.82 Å². The van der Waals surface area contributed by atoms with Gasteiger partial charge in [-0.1, -0.05) is 31.2 Å². The number of hydrogen-bond donors (Lipinski definition) is 0. The number of nitrogens with zero attached hydrogens (tertiary/aromatic N) is 5. The van der Waals surface area contributed by atoms with Gasteiger partial charge in [0.2, 0.25) is 0 Å². The highest BCUT2D eigenvalue weighted by atomic mass is 16.6. The molecular weight excluding hydrogens is 410 g/mol. The molecular formula is C23H23N5O4. The lowest BCUT2D eigenvalue weighted by molar-refractivity contribution is -0.389. The minimum atomic E-state index is -0.512. The summed E-state index contributed by atoms with van der Waals surface area (Å²) in [5.41, 5.74) is 4.64. The SMILES string of the molecule is CCc1c(-c2cccc(OC)c2)nn(Cn2ccc([N+](=O)[O-])n2)c1-c1cccc(OC)c1. The van der Waals surface area contributed by atoms with Crippen molar-refractivity contribution in [2.45, 2.75) is 20.0 Å². The third-order valence-electron chi connectivity index (χ3n) is 5.18. The van der Waals surface area contributed by atoms with E-state index in [0.717, 1.165) is 46.0 Å². The number of aromatic nitrogens is 4. The van der Waals surface area contributed by atoms with Gasteiger partial charge in [0.1, 0.15) is 11.5 Å². The van der Waals surface area contributed by atoms with Gasteiger partial charge in [0, 0.05) is 16.7 Å². The molecule has 0 unspecified atom stereocenters. The predicted octanol–water partition coefficient (Wildman–Crippen LogP) is 4.41. The molecule has 0 aliphatic heterocycles. The number of methoxy groups -OCH3 is 2. The van der Waals surface area contributed by atoms with Crippen LogP contribution in [0.5, 0.6) is 11.5 Å². The first-order valence-electron chi connectivity index (χ1n) is 10.1. The van der Waals surface area contributed by atoms with Gasteiger partial charge in [-0.25, -0.2) is 4.68 Å². The third-order valence-corrected chi connectivity index (χ3v) is 5.18. The molecule has 0 bridgehead atoms. The highest BCUT2D eigenvalue weighted by Gasteiger charge is 2.22. The Morgan fingerprint density at radius 1 is 0.969 bits per heavy atom. The molecule has 0 aliphatic rings. The first-order chi connectivity index (χ1) is 15.5. The van der Waals surface area contributed by atoms with Gasteiger partial charge in [0.15, 0.2) is 6.67 Å². The van der Waals surface area contributed by atoms with E-state index in [9.17, 15) is 10.1 Å². The molecule has 0 amide bonds. The van der Waals surface area contributed by atoms with E-state index < -0.39 is 4.92 Å². The van der Waals surface area contributed by atoms with Crippen LogP contribution < -0.4 is 9.47 Å². The highest BCUT2D eigenvalue weighted by Crippen LogP contribution is 2.35. The van der Waals surface area contributed by atoms with Gasteiger partial charge < -0.3 is 19.6 Å². The summed E-state index contributed by atoms with van der Waals surface area (Å²) >= 11 is 0. The minimum Gasteiger partial charge on any atom is -0.497 e. The van der Waals surface area contributed by atoms with Crippen molar-refractivity contribution in [2.75, 3.05) is 14.2 Å². The molecule has 0 spiro atoms. The zero-order chi connectivity index (χ0) is 22.7. The Kier molecular flexibility index (Phi) is 5.89. The summed E-state index contributed by atoms with van der Waals surface area (Å²) in [7, 11) is 3.26. The van der Waals surface area contributed by atoms with Crippen molar-refractivity contribution in [3.8, 4) is 34.0 Å². The Bertz CT molecular complexity index is 1260. The van der Waals surface area contributed by atoms with Crippen molar-refractivity contribution >= 4 is 5.82 Å². The third kappa shape index (κ3) is 4.04. The first-order valence-corrected chi connectivity index (χ1v) is 10.1. The summed E-state index contributed by atoms with van der Waals surface area (Å²) in [6, 6.07) is 16.9. The average molecular weight is 433 g/mol. The van der Waals surface area contributed by atoms with E-state index in [1.807, 2.05) is 53.2 Å². The molecule has 0 atom stereocenters. The molecule has 0 radical (unpaired) electrons. The van der Waals surface area contributed by atoms with Gasteiger partial charge in [0.05, 0.1) is 43.0 Å². The van der Waals surface area contributed by atoms with Crippen molar-refractivity contribution in [3.63, 3.8) is 0 Å².